The lowest BCUT2D eigenvalue weighted by Gasteiger charge is -2.14. The molecule has 1 amide bonds. The summed E-state index contributed by atoms with van der Waals surface area (Å²) in [6, 6.07) is 17.0. The summed E-state index contributed by atoms with van der Waals surface area (Å²) < 4.78 is 19.6. The van der Waals surface area contributed by atoms with Crippen LogP contribution in [0.1, 0.15) is 58.9 Å². The van der Waals surface area contributed by atoms with E-state index in [1.165, 1.54) is 12.1 Å². The van der Waals surface area contributed by atoms with Crippen molar-refractivity contribution >= 4 is 28.4 Å². The van der Waals surface area contributed by atoms with Crippen LogP contribution in [0.5, 0.6) is 0 Å². The zero-order valence-corrected chi connectivity index (χ0v) is 21.9. The summed E-state index contributed by atoms with van der Waals surface area (Å²) in [6.07, 6.45) is 6.99. The van der Waals surface area contributed by atoms with E-state index in [9.17, 15) is 18.8 Å². The van der Waals surface area contributed by atoms with Crippen molar-refractivity contribution in [3.63, 3.8) is 0 Å². The number of hydrogen-bond acceptors (Lipinski definition) is 4. The first-order valence-electron chi connectivity index (χ1n) is 13.0. The summed E-state index contributed by atoms with van der Waals surface area (Å²) >= 11 is 0. The highest BCUT2D eigenvalue weighted by molar-refractivity contribution is 6.13. The van der Waals surface area contributed by atoms with Gasteiger partial charge in [-0.05, 0) is 78.9 Å². The molecular formula is C33H28FNO4. The SMILES string of the molecule is C#CCNC(=O)C1(CC(=O)c2ccc(C)c(-c3ccc4oc(-c5ccc(F)cc5)c(C(=O)CC)c4c3)c2)CC1. The Hall–Kier alpha value is -4.50. The number of Topliss-reactive ketones (excluding diaryl/α,β-unsaturated/α-hetero) is 2. The van der Waals surface area contributed by atoms with Crippen LogP contribution in [-0.4, -0.2) is 24.0 Å². The number of benzene rings is 3. The molecule has 0 bridgehead atoms. The normalized spacial score (nSPS) is 13.6. The molecule has 1 heterocycles. The standard InChI is InChI=1S/C33H28FNO4/c1-4-16-35-32(38)33(14-15-33)19-28(37)23-7-6-20(3)25(18-23)22-10-13-29-26(17-22)30(27(36)5-2)31(39-29)21-8-11-24(34)12-9-21/h1,6-13,17-18H,5,14-16,19H2,2-3H3,(H,35,38). The molecule has 1 N–H and O–H groups in total. The van der Waals surface area contributed by atoms with Crippen molar-refractivity contribution in [2.45, 2.75) is 39.5 Å². The van der Waals surface area contributed by atoms with Gasteiger partial charge in [0.2, 0.25) is 5.91 Å². The fraction of sp³-hybridized carbons (Fsp3) is 0.242. The second-order valence-corrected chi connectivity index (χ2v) is 10.1. The van der Waals surface area contributed by atoms with E-state index in [2.05, 4.69) is 11.2 Å². The summed E-state index contributed by atoms with van der Waals surface area (Å²) in [5.41, 5.74) is 4.12. The molecule has 5 nitrogen and oxygen atoms in total. The summed E-state index contributed by atoms with van der Waals surface area (Å²) in [5, 5.41) is 3.37. The van der Waals surface area contributed by atoms with Gasteiger partial charge in [0, 0.05) is 29.4 Å². The van der Waals surface area contributed by atoms with E-state index in [0.717, 1.165) is 16.7 Å². The third kappa shape index (κ3) is 5.00. The van der Waals surface area contributed by atoms with Crippen molar-refractivity contribution in [1.82, 2.24) is 5.32 Å². The van der Waals surface area contributed by atoms with E-state index in [0.29, 0.717) is 46.3 Å². The number of terminal acetylenes is 1. The van der Waals surface area contributed by atoms with Crippen molar-refractivity contribution < 1.29 is 23.2 Å². The van der Waals surface area contributed by atoms with Crippen LogP contribution in [0.15, 0.2) is 65.1 Å². The molecule has 3 aromatic carbocycles. The lowest BCUT2D eigenvalue weighted by molar-refractivity contribution is -0.126. The Balaban J connectivity index is 1.52. The van der Waals surface area contributed by atoms with E-state index in [1.54, 1.807) is 25.1 Å². The number of carbonyl (C=O) groups is 3. The van der Waals surface area contributed by atoms with Gasteiger partial charge in [-0.3, -0.25) is 14.4 Å². The van der Waals surface area contributed by atoms with Gasteiger partial charge in [0.1, 0.15) is 17.2 Å². The molecule has 196 valence electrons. The first kappa shape index (κ1) is 26.1. The van der Waals surface area contributed by atoms with Crippen molar-refractivity contribution in [1.29, 1.82) is 0 Å². The lowest BCUT2D eigenvalue weighted by atomic mass is 9.91. The Kier molecular flexibility index (Phi) is 6.93. The largest absolute Gasteiger partial charge is 0.455 e. The van der Waals surface area contributed by atoms with Crippen molar-refractivity contribution in [3.8, 4) is 34.8 Å². The van der Waals surface area contributed by atoms with Crippen molar-refractivity contribution in [3.05, 3.63) is 83.2 Å². The molecule has 39 heavy (non-hydrogen) atoms. The smallest absolute Gasteiger partial charge is 0.227 e. The minimum Gasteiger partial charge on any atom is -0.455 e. The van der Waals surface area contributed by atoms with Crippen LogP contribution in [0, 0.1) is 30.5 Å². The predicted octanol–water partition coefficient (Wildman–Crippen LogP) is 6.91. The molecule has 4 aromatic rings. The topological polar surface area (TPSA) is 76.4 Å². The van der Waals surface area contributed by atoms with Gasteiger partial charge in [0.05, 0.1) is 17.5 Å². The second kappa shape index (κ2) is 10.3. The quantitative estimate of drug-likeness (QED) is 0.192. The van der Waals surface area contributed by atoms with Gasteiger partial charge >= 0.3 is 0 Å². The average molecular weight is 522 g/mol. The molecule has 0 aliphatic heterocycles. The molecule has 0 atom stereocenters. The number of aryl methyl sites for hydroxylation is 1. The van der Waals surface area contributed by atoms with Gasteiger partial charge in [-0.15, -0.1) is 6.42 Å². The number of ketones is 2. The third-order valence-corrected chi connectivity index (χ3v) is 7.45. The van der Waals surface area contributed by atoms with Crippen LogP contribution >= 0.6 is 0 Å². The van der Waals surface area contributed by atoms with Gasteiger partial charge in [-0.25, -0.2) is 4.39 Å². The van der Waals surface area contributed by atoms with E-state index in [4.69, 9.17) is 10.8 Å². The molecule has 0 saturated heterocycles. The van der Waals surface area contributed by atoms with Crippen LogP contribution in [0.2, 0.25) is 0 Å². The zero-order valence-electron chi connectivity index (χ0n) is 21.9. The summed E-state index contributed by atoms with van der Waals surface area (Å²) in [6.45, 7) is 3.89. The van der Waals surface area contributed by atoms with Gasteiger partial charge < -0.3 is 9.73 Å². The monoisotopic (exact) mass is 521 g/mol. The molecule has 0 spiro atoms. The Morgan fingerprint density at radius 1 is 1.00 bits per heavy atom. The highest BCUT2D eigenvalue weighted by Crippen LogP contribution is 2.49. The molecule has 5 rings (SSSR count). The van der Waals surface area contributed by atoms with Gasteiger partial charge in [0.15, 0.2) is 11.6 Å². The van der Waals surface area contributed by atoms with Crippen LogP contribution in [0.4, 0.5) is 4.39 Å². The van der Waals surface area contributed by atoms with Crippen LogP contribution < -0.4 is 5.32 Å². The van der Waals surface area contributed by atoms with Gasteiger partial charge in [0.25, 0.3) is 0 Å². The Labute approximate surface area is 226 Å². The van der Waals surface area contributed by atoms with Crippen molar-refractivity contribution in [2.24, 2.45) is 5.41 Å². The molecule has 1 saturated carbocycles. The molecule has 1 aliphatic carbocycles. The summed E-state index contributed by atoms with van der Waals surface area (Å²) in [4.78, 5) is 38.8. The number of hydrogen-bond donors (Lipinski definition) is 1. The maximum absolute atomic E-state index is 13.5. The fourth-order valence-corrected chi connectivity index (χ4v) is 4.99. The first-order chi connectivity index (χ1) is 18.8. The third-order valence-electron chi connectivity index (χ3n) is 7.45. The Morgan fingerprint density at radius 2 is 1.72 bits per heavy atom. The van der Waals surface area contributed by atoms with Crippen LogP contribution in [-0.2, 0) is 4.79 Å². The number of fused-ring (bicyclic) bond motifs is 1. The molecule has 0 unspecified atom stereocenters. The summed E-state index contributed by atoms with van der Waals surface area (Å²) in [5.74, 6) is 2.08. The van der Waals surface area contributed by atoms with E-state index in [-0.39, 0.29) is 42.7 Å². The predicted molar refractivity (Wildman–Crippen MR) is 149 cm³/mol. The number of rotatable bonds is 9. The number of halogens is 1. The van der Waals surface area contributed by atoms with E-state index >= 15 is 0 Å². The van der Waals surface area contributed by atoms with Gasteiger partial charge in [-0.1, -0.05) is 31.0 Å². The fourth-order valence-electron chi connectivity index (χ4n) is 4.99. The molecule has 1 aromatic heterocycles. The molecule has 1 fully saturated rings. The van der Waals surface area contributed by atoms with E-state index < -0.39 is 5.41 Å². The Bertz CT molecular complexity index is 1650. The number of nitrogens with one attached hydrogen (secondary N) is 1. The average Bonchev–Trinajstić information content (AvgIpc) is 3.63. The molecule has 6 heteroatoms. The van der Waals surface area contributed by atoms with Crippen LogP contribution in [0.25, 0.3) is 33.4 Å². The first-order valence-corrected chi connectivity index (χ1v) is 13.0. The zero-order chi connectivity index (χ0) is 27.7. The molecular weight excluding hydrogens is 493 g/mol. The van der Waals surface area contributed by atoms with Crippen LogP contribution in [0.3, 0.4) is 0 Å². The number of carbonyl (C=O) groups excluding carboxylic acids is 3. The molecule has 1 aliphatic rings. The van der Waals surface area contributed by atoms with E-state index in [1.807, 2.05) is 37.3 Å². The highest BCUT2D eigenvalue weighted by atomic mass is 19.1. The maximum atomic E-state index is 13.5. The van der Waals surface area contributed by atoms with Crippen molar-refractivity contribution in [2.75, 3.05) is 6.54 Å². The molecule has 0 radical (unpaired) electrons. The number of furan rings is 1. The minimum atomic E-state index is -0.680. The maximum Gasteiger partial charge on any atom is 0.227 e. The second-order valence-electron chi connectivity index (χ2n) is 10.1. The number of amides is 1. The highest BCUT2D eigenvalue weighted by Gasteiger charge is 2.50. The van der Waals surface area contributed by atoms with Gasteiger partial charge in [-0.2, -0.15) is 0 Å². The summed E-state index contributed by atoms with van der Waals surface area (Å²) in [7, 11) is 0. The lowest BCUT2D eigenvalue weighted by Crippen LogP contribution is -2.33. The minimum absolute atomic E-state index is 0.0799. The Morgan fingerprint density at radius 3 is 2.38 bits per heavy atom.